The highest BCUT2D eigenvalue weighted by atomic mass is 19.1. The number of carbonyl (C=O) groups is 3. The van der Waals surface area contributed by atoms with E-state index in [2.05, 4.69) is 21.7 Å². The third-order valence-corrected chi connectivity index (χ3v) is 6.77. The maximum absolute atomic E-state index is 14.2. The van der Waals surface area contributed by atoms with E-state index in [4.69, 9.17) is 4.74 Å². The Morgan fingerprint density at radius 3 is 2.68 bits per heavy atom. The van der Waals surface area contributed by atoms with Crippen molar-refractivity contribution in [2.75, 3.05) is 11.9 Å². The van der Waals surface area contributed by atoms with Crippen LogP contribution in [0.15, 0.2) is 42.5 Å². The molecular formula is C27H25F2N5O4. The number of ether oxygens (including phenoxy) is 1. The molecule has 2 aliphatic heterocycles. The molecule has 3 aromatic rings. The molecule has 1 fully saturated rings. The number of halogens is 2. The summed E-state index contributed by atoms with van der Waals surface area (Å²) in [5, 5.41) is 15.2. The Morgan fingerprint density at radius 1 is 1.24 bits per heavy atom. The van der Waals surface area contributed by atoms with Crippen molar-refractivity contribution in [1.82, 2.24) is 15.2 Å². The van der Waals surface area contributed by atoms with E-state index in [9.17, 15) is 28.4 Å². The van der Waals surface area contributed by atoms with Crippen molar-refractivity contribution in [2.24, 2.45) is 0 Å². The van der Waals surface area contributed by atoms with Crippen LogP contribution in [0, 0.1) is 23.0 Å². The summed E-state index contributed by atoms with van der Waals surface area (Å²) < 4.78 is 33.7. The van der Waals surface area contributed by atoms with E-state index in [0.717, 1.165) is 6.07 Å². The zero-order chi connectivity index (χ0) is 27.4. The van der Waals surface area contributed by atoms with E-state index in [-0.39, 0.29) is 35.5 Å². The molecule has 0 aliphatic carbocycles. The fourth-order valence-corrected chi connectivity index (χ4v) is 5.11. The number of anilines is 1. The van der Waals surface area contributed by atoms with Gasteiger partial charge in [0.25, 0.3) is 11.8 Å². The molecule has 11 heteroatoms. The lowest BCUT2D eigenvalue weighted by molar-refractivity contribution is -0.155. The first-order valence-electron chi connectivity index (χ1n) is 12.0. The van der Waals surface area contributed by atoms with Crippen LogP contribution in [0.1, 0.15) is 43.2 Å². The van der Waals surface area contributed by atoms with E-state index in [1.807, 2.05) is 0 Å². The van der Waals surface area contributed by atoms with Crippen LogP contribution in [0.5, 0.6) is 0 Å². The van der Waals surface area contributed by atoms with Crippen LogP contribution >= 0.6 is 0 Å². The van der Waals surface area contributed by atoms with Crippen LogP contribution in [-0.4, -0.2) is 52.0 Å². The summed E-state index contributed by atoms with van der Waals surface area (Å²) in [6.07, 6.45) is -1.44. The first-order chi connectivity index (χ1) is 17.9. The summed E-state index contributed by atoms with van der Waals surface area (Å²) in [6, 6.07) is 11.2. The summed E-state index contributed by atoms with van der Waals surface area (Å²) in [6.45, 7) is 4.99. The van der Waals surface area contributed by atoms with Crippen molar-refractivity contribution in [3.8, 4) is 6.07 Å². The average Bonchev–Trinajstić information content (AvgIpc) is 3.52. The Morgan fingerprint density at radius 2 is 1.97 bits per heavy atom. The van der Waals surface area contributed by atoms with Crippen LogP contribution in [0.2, 0.25) is 0 Å². The number of amides is 3. The van der Waals surface area contributed by atoms with Gasteiger partial charge in [0, 0.05) is 30.1 Å². The fraction of sp³-hybridized carbons (Fsp3) is 0.333. The van der Waals surface area contributed by atoms with Gasteiger partial charge in [0.2, 0.25) is 12.1 Å². The second-order valence-corrected chi connectivity index (χ2v) is 10.5. The standard InChI is InChI=1S/C27H25F2N5O4/c1-26(2,3)38-23(33-22(35)21-10-16-18(29)8-14(28)9-20(16)31-21)24(36)34-13-27(11-15(34)12-30)17-6-4-5-7-19(17)32-25(27)37/h4-10,15,23,31H,11,13H2,1-3H3,(H,32,37)(H,33,35)/t15-,23-,27-/m0/s1. The number of nitriles is 1. The number of hydrogen-bond donors (Lipinski definition) is 3. The molecule has 0 saturated carbocycles. The van der Waals surface area contributed by atoms with Crippen LogP contribution < -0.4 is 10.6 Å². The van der Waals surface area contributed by atoms with Crippen LogP contribution in [0.3, 0.4) is 0 Å². The van der Waals surface area contributed by atoms with E-state index >= 15 is 0 Å². The number of benzene rings is 2. The van der Waals surface area contributed by atoms with Crippen molar-refractivity contribution < 1.29 is 27.9 Å². The molecule has 1 saturated heterocycles. The average molecular weight is 522 g/mol. The summed E-state index contributed by atoms with van der Waals surface area (Å²) >= 11 is 0. The zero-order valence-corrected chi connectivity index (χ0v) is 20.9. The summed E-state index contributed by atoms with van der Waals surface area (Å²) in [5.41, 5.74) is -0.711. The molecule has 3 heterocycles. The molecule has 9 nitrogen and oxygen atoms in total. The Labute approximate surface area is 216 Å². The van der Waals surface area contributed by atoms with Crippen molar-refractivity contribution in [2.45, 2.75) is 50.5 Å². The quantitative estimate of drug-likeness (QED) is 0.454. The van der Waals surface area contributed by atoms with Gasteiger partial charge in [0.05, 0.1) is 22.6 Å². The number of fused-ring (bicyclic) bond motifs is 3. The predicted molar refractivity (Wildman–Crippen MR) is 133 cm³/mol. The fourth-order valence-electron chi connectivity index (χ4n) is 5.11. The van der Waals surface area contributed by atoms with E-state index in [1.165, 1.54) is 11.0 Å². The minimum atomic E-state index is -1.53. The number of carbonyl (C=O) groups excluding carboxylic acids is 3. The molecule has 3 N–H and O–H groups in total. The molecule has 3 atom stereocenters. The highest BCUT2D eigenvalue weighted by molar-refractivity contribution is 6.07. The molecule has 3 amide bonds. The Kier molecular flexibility index (Phi) is 5.95. The van der Waals surface area contributed by atoms with Crippen LogP contribution in [-0.2, 0) is 19.7 Å². The largest absolute Gasteiger partial charge is 0.350 e. The summed E-state index contributed by atoms with van der Waals surface area (Å²) in [5.74, 6) is -3.46. The third kappa shape index (κ3) is 4.26. The molecule has 1 spiro atoms. The van der Waals surface area contributed by atoms with Crippen molar-refractivity contribution >= 4 is 34.3 Å². The van der Waals surface area contributed by atoms with Gasteiger partial charge in [-0.15, -0.1) is 0 Å². The molecule has 2 aliphatic rings. The number of aromatic nitrogens is 1. The maximum atomic E-state index is 14.2. The van der Waals surface area contributed by atoms with Crippen LogP contribution in [0.4, 0.5) is 14.5 Å². The minimum absolute atomic E-state index is 0.00751. The van der Waals surface area contributed by atoms with E-state index in [0.29, 0.717) is 17.3 Å². The SMILES string of the molecule is CC(C)(C)O[C@H](NC(=O)c1cc2c(F)cc(F)cc2[nH]1)C(=O)N1C[C@]2(C[C@H]1C#N)C(=O)Nc1ccccc12. The molecule has 2 aromatic carbocycles. The van der Waals surface area contributed by atoms with Gasteiger partial charge in [0.1, 0.15) is 23.4 Å². The highest BCUT2D eigenvalue weighted by Gasteiger charge is 2.56. The number of H-pyrrole nitrogens is 1. The van der Waals surface area contributed by atoms with E-state index in [1.54, 1.807) is 45.0 Å². The maximum Gasteiger partial charge on any atom is 0.273 e. The third-order valence-electron chi connectivity index (χ3n) is 6.77. The molecule has 0 radical (unpaired) electrons. The summed E-state index contributed by atoms with van der Waals surface area (Å²) in [7, 11) is 0. The van der Waals surface area contributed by atoms with Crippen molar-refractivity contribution in [1.29, 1.82) is 5.26 Å². The Balaban J connectivity index is 1.45. The Hall–Kier alpha value is -4.30. The number of nitrogens with one attached hydrogen (secondary N) is 3. The molecule has 5 rings (SSSR count). The highest BCUT2D eigenvalue weighted by Crippen LogP contribution is 2.46. The number of aromatic amines is 1. The molecule has 0 unspecified atom stereocenters. The van der Waals surface area contributed by atoms with Gasteiger partial charge in [0.15, 0.2) is 0 Å². The van der Waals surface area contributed by atoms with Gasteiger partial charge < -0.3 is 25.3 Å². The first kappa shape index (κ1) is 25.4. The lowest BCUT2D eigenvalue weighted by Gasteiger charge is -2.31. The molecular weight excluding hydrogens is 496 g/mol. The lowest BCUT2D eigenvalue weighted by Crippen LogP contribution is -2.54. The monoisotopic (exact) mass is 521 g/mol. The number of para-hydroxylation sites is 1. The van der Waals surface area contributed by atoms with Gasteiger partial charge in [-0.2, -0.15) is 5.26 Å². The van der Waals surface area contributed by atoms with Gasteiger partial charge in [-0.3, -0.25) is 14.4 Å². The zero-order valence-electron chi connectivity index (χ0n) is 20.9. The van der Waals surface area contributed by atoms with Gasteiger partial charge in [-0.25, -0.2) is 8.78 Å². The Bertz CT molecular complexity index is 1520. The number of nitrogens with zero attached hydrogens (tertiary/aromatic N) is 2. The predicted octanol–water partition coefficient (Wildman–Crippen LogP) is 3.33. The smallest absolute Gasteiger partial charge is 0.273 e. The normalized spacial score (nSPS) is 21.3. The van der Waals surface area contributed by atoms with Gasteiger partial charge in [-0.05, 0) is 44.5 Å². The van der Waals surface area contributed by atoms with Crippen molar-refractivity contribution in [3.05, 3.63) is 65.4 Å². The molecule has 0 bridgehead atoms. The lowest BCUT2D eigenvalue weighted by atomic mass is 9.80. The first-order valence-corrected chi connectivity index (χ1v) is 12.0. The second-order valence-electron chi connectivity index (χ2n) is 10.5. The van der Waals surface area contributed by atoms with Gasteiger partial charge in [-0.1, -0.05) is 18.2 Å². The van der Waals surface area contributed by atoms with Crippen LogP contribution in [0.25, 0.3) is 10.9 Å². The second kappa shape index (κ2) is 8.92. The van der Waals surface area contributed by atoms with E-state index < -0.39 is 46.7 Å². The minimum Gasteiger partial charge on any atom is -0.350 e. The number of hydrogen-bond acceptors (Lipinski definition) is 5. The molecule has 196 valence electrons. The topological polar surface area (TPSA) is 127 Å². The number of likely N-dealkylation sites (tertiary alicyclic amines) is 1. The van der Waals surface area contributed by atoms with Gasteiger partial charge >= 0.3 is 0 Å². The molecule has 1 aromatic heterocycles. The molecule has 38 heavy (non-hydrogen) atoms. The summed E-state index contributed by atoms with van der Waals surface area (Å²) in [4.78, 5) is 43.8. The number of rotatable bonds is 4. The van der Waals surface area contributed by atoms with Crippen molar-refractivity contribution in [3.63, 3.8) is 0 Å².